The summed E-state index contributed by atoms with van der Waals surface area (Å²) in [6.07, 6.45) is 20.1. The number of nitrogens with two attached hydrogens (primary N) is 2. The molecular formula is C36H57N3O4. The monoisotopic (exact) mass is 595 g/mol. The van der Waals surface area contributed by atoms with E-state index in [4.69, 9.17) is 21.1 Å². The van der Waals surface area contributed by atoms with Crippen molar-refractivity contribution in [2.45, 2.75) is 142 Å². The lowest BCUT2D eigenvalue weighted by molar-refractivity contribution is -0.200. The van der Waals surface area contributed by atoms with Crippen LogP contribution in [-0.2, 0) is 44.9 Å². The van der Waals surface area contributed by atoms with E-state index in [0.29, 0.717) is 12.8 Å². The first kappa shape index (κ1) is 36.5. The molecule has 0 spiro atoms. The predicted molar refractivity (Wildman–Crippen MR) is 175 cm³/mol. The highest BCUT2D eigenvalue weighted by molar-refractivity contribution is 5.77. The molecule has 7 nitrogen and oxygen atoms in total. The summed E-state index contributed by atoms with van der Waals surface area (Å²) < 4.78 is 0. The number of rotatable bonds is 24. The molecule has 5 N–H and O–H groups in total. The molecule has 0 bridgehead atoms. The highest BCUT2D eigenvalue weighted by atomic mass is 16.9. The van der Waals surface area contributed by atoms with Gasteiger partial charge >= 0.3 is 11.9 Å². The van der Waals surface area contributed by atoms with E-state index >= 15 is 0 Å². The molecular weight excluding hydrogens is 538 g/mol. The van der Waals surface area contributed by atoms with Gasteiger partial charge in [0, 0.05) is 5.64 Å². The first-order chi connectivity index (χ1) is 21.0. The van der Waals surface area contributed by atoms with Gasteiger partial charge in [-0.1, -0.05) is 139 Å². The van der Waals surface area contributed by atoms with Crippen molar-refractivity contribution in [3.05, 3.63) is 70.8 Å². The molecule has 0 aliphatic heterocycles. The van der Waals surface area contributed by atoms with Crippen LogP contribution in [0.4, 0.5) is 0 Å². The Labute approximate surface area is 260 Å². The molecule has 0 fully saturated rings. The van der Waals surface area contributed by atoms with Gasteiger partial charge in [0.2, 0.25) is 0 Å². The average Bonchev–Trinajstić information content (AvgIpc) is 3.01. The zero-order valence-corrected chi connectivity index (χ0v) is 26.8. The van der Waals surface area contributed by atoms with Gasteiger partial charge in [0.1, 0.15) is 12.1 Å². The minimum absolute atomic E-state index is 0.343. The fraction of sp³-hybridized carbons (Fsp3) is 0.611. The van der Waals surface area contributed by atoms with E-state index in [1.807, 2.05) is 42.0 Å². The minimum Gasteiger partial charge on any atom is -0.334 e. The largest absolute Gasteiger partial charge is 0.345 e. The topological polar surface area (TPSA) is 117 Å². The van der Waals surface area contributed by atoms with Crippen molar-refractivity contribution in [2.75, 3.05) is 0 Å². The summed E-state index contributed by atoms with van der Waals surface area (Å²) in [6, 6.07) is 14.3. The summed E-state index contributed by atoms with van der Waals surface area (Å²) in [5, 5.41) is 0. The third-order valence-corrected chi connectivity index (χ3v) is 8.11. The molecule has 2 aromatic rings. The van der Waals surface area contributed by atoms with Crippen LogP contribution in [-0.4, -0.2) is 24.0 Å². The fourth-order valence-electron chi connectivity index (χ4n) is 5.44. The molecule has 0 aliphatic carbocycles. The van der Waals surface area contributed by atoms with Crippen LogP contribution >= 0.6 is 0 Å². The van der Waals surface area contributed by atoms with Crippen molar-refractivity contribution < 1.29 is 19.3 Å². The summed E-state index contributed by atoms with van der Waals surface area (Å²) in [5.41, 5.74) is 18.8. The summed E-state index contributed by atoms with van der Waals surface area (Å²) in [4.78, 5) is 34.9. The van der Waals surface area contributed by atoms with Crippen molar-refractivity contribution in [2.24, 2.45) is 11.5 Å². The molecule has 0 radical (unpaired) electrons. The molecule has 2 unspecified atom stereocenters. The highest BCUT2D eigenvalue weighted by Gasteiger charge is 2.21. The number of aryl methyl sites for hydroxylation is 2. The normalized spacial score (nSPS) is 12.6. The van der Waals surface area contributed by atoms with E-state index < -0.39 is 24.0 Å². The Hall–Kier alpha value is -2.74. The second kappa shape index (κ2) is 22.8. The van der Waals surface area contributed by atoms with Gasteiger partial charge in [-0.25, -0.2) is 9.59 Å². The molecule has 0 amide bonds. The second-order valence-electron chi connectivity index (χ2n) is 11.8. The Balaban J connectivity index is 1.72. The minimum atomic E-state index is -0.895. The first-order valence-corrected chi connectivity index (χ1v) is 16.8. The number of carbonyl (C=O) groups is 2. The number of hydrogen-bond donors (Lipinski definition) is 3. The van der Waals surface area contributed by atoms with Gasteiger partial charge in [-0.05, 0) is 60.8 Å². The zero-order chi connectivity index (χ0) is 31.1. The van der Waals surface area contributed by atoms with Crippen LogP contribution in [0.2, 0.25) is 0 Å². The second-order valence-corrected chi connectivity index (χ2v) is 11.8. The predicted octanol–water partition coefficient (Wildman–Crippen LogP) is 7.22. The molecule has 0 saturated heterocycles. The van der Waals surface area contributed by atoms with Gasteiger partial charge in [0.15, 0.2) is 0 Å². The van der Waals surface area contributed by atoms with Crippen molar-refractivity contribution in [1.82, 2.24) is 5.64 Å². The molecule has 2 rings (SSSR count). The van der Waals surface area contributed by atoms with Gasteiger partial charge in [-0.2, -0.15) is 0 Å². The average molecular weight is 596 g/mol. The lowest BCUT2D eigenvalue weighted by Crippen LogP contribution is -2.41. The molecule has 2 atom stereocenters. The quantitative estimate of drug-likeness (QED) is 0.0866. The van der Waals surface area contributed by atoms with Crippen molar-refractivity contribution >= 4 is 11.9 Å². The summed E-state index contributed by atoms with van der Waals surface area (Å²) in [7, 11) is 0. The highest BCUT2D eigenvalue weighted by Crippen LogP contribution is 2.17. The standard InChI is InChI=1S/C36H57N3O4/c1-3-5-7-9-11-13-15-21-29-23-17-19-25-31(29)27-33(37)35(40)42-39-43-36(41)34(38)28-32-26-20-18-24-30(32)22-16-14-12-10-8-6-4-2/h17-20,23-26,33-34,39H,3-16,21-22,27-28,37-38H2,1-2H3. The Morgan fingerprint density at radius 2 is 0.884 bits per heavy atom. The van der Waals surface area contributed by atoms with E-state index in [1.54, 1.807) is 0 Å². The van der Waals surface area contributed by atoms with E-state index in [-0.39, 0.29) is 0 Å². The number of unbranched alkanes of at least 4 members (excludes halogenated alkanes) is 12. The van der Waals surface area contributed by atoms with Crippen LogP contribution < -0.4 is 17.1 Å². The van der Waals surface area contributed by atoms with Gasteiger partial charge < -0.3 is 21.1 Å². The first-order valence-electron chi connectivity index (χ1n) is 16.8. The van der Waals surface area contributed by atoms with Crippen LogP contribution in [0.5, 0.6) is 0 Å². The van der Waals surface area contributed by atoms with E-state index in [9.17, 15) is 9.59 Å². The Bertz CT molecular complexity index is 963. The van der Waals surface area contributed by atoms with Crippen molar-refractivity contribution in [1.29, 1.82) is 0 Å². The number of carbonyl (C=O) groups excluding carboxylic acids is 2. The van der Waals surface area contributed by atoms with Gasteiger partial charge in [0.25, 0.3) is 0 Å². The molecule has 0 heterocycles. The van der Waals surface area contributed by atoms with E-state index in [2.05, 4.69) is 26.0 Å². The summed E-state index contributed by atoms with van der Waals surface area (Å²) in [5.74, 6) is -1.40. The summed E-state index contributed by atoms with van der Waals surface area (Å²) >= 11 is 0. The maximum atomic E-state index is 12.5. The summed E-state index contributed by atoms with van der Waals surface area (Å²) in [6.45, 7) is 4.46. The maximum Gasteiger partial charge on any atom is 0.345 e. The third kappa shape index (κ3) is 15.5. The fourth-order valence-corrected chi connectivity index (χ4v) is 5.44. The molecule has 0 aromatic heterocycles. The van der Waals surface area contributed by atoms with Gasteiger partial charge in [0.05, 0.1) is 0 Å². The molecule has 2 aromatic carbocycles. The van der Waals surface area contributed by atoms with Crippen LogP contribution in [0.3, 0.4) is 0 Å². The van der Waals surface area contributed by atoms with Crippen LogP contribution in [0.1, 0.15) is 126 Å². The van der Waals surface area contributed by atoms with Crippen LogP contribution in [0, 0.1) is 0 Å². The Morgan fingerprint density at radius 1 is 0.558 bits per heavy atom. The molecule has 0 aliphatic rings. The smallest absolute Gasteiger partial charge is 0.334 e. The zero-order valence-electron chi connectivity index (χ0n) is 26.8. The molecule has 240 valence electrons. The molecule has 0 saturated carbocycles. The third-order valence-electron chi connectivity index (χ3n) is 8.11. The lowest BCUT2D eigenvalue weighted by atomic mass is 9.96. The van der Waals surface area contributed by atoms with Crippen molar-refractivity contribution in [3.63, 3.8) is 0 Å². The maximum absolute atomic E-state index is 12.5. The van der Waals surface area contributed by atoms with Crippen LogP contribution in [0.25, 0.3) is 0 Å². The number of nitrogens with one attached hydrogen (secondary N) is 1. The van der Waals surface area contributed by atoms with E-state index in [1.165, 1.54) is 88.2 Å². The van der Waals surface area contributed by atoms with Crippen LogP contribution in [0.15, 0.2) is 48.5 Å². The Kier molecular flexibility index (Phi) is 19.3. The van der Waals surface area contributed by atoms with Gasteiger partial charge in [-0.15, -0.1) is 0 Å². The lowest BCUT2D eigenvalue weighted by Gasteiger charge is -2.16. The van der Waals surface area contributed by atoms with E-state index in [0.717, 1.165) is 36.8 Å². The Morgan fingerprint density at radius 3 is 1.26 bits per heavy atom. The molecule has 43 heavy (non-hydrogen) atoms. The number of hydrogen-bond acceptors (Lipinski definition) is 7. The van der Waals surface area contributed by atoms with Crippen molar-refractivity contribution in [3.8, 4) is 0 Å². The SMILES string of the molecule is CCCCCCCCCc1ccccc1CC(N)C(=O)ONOC(=O)C(N)Cc1ccccc1CCCCCCCCC. The molecule has 7 heteroatoms. The van der Waals surface area contributed by atoms with Gasteiger partial charge in [-0.3, -0.25) is 0 Å². The number of benzene rings is 2.